The minimum absolute atomic E-state index is 0.0426. The molecule has 0 atom stereocenters. The number of aliphatic hydroxyl groups excluding tert-OH is 1. The minimum atomic E-state index is 0.0426. The molecule has 0 unspecified atom stereocenters. The number of aryl methyl sites for hydroxylation is 1. The van der Waals surface area contributed by atoms with Crippen molar-refractivity contribution < 1.29 is 14.6 Å². The Hall–Kier alpha value is -0.770. The smallest absolute Gasteiger partial charge is 0.119 e. The van der Waals surface area contributed by atoms with E-state index in [1.54, 1.807) is 0 Å². The average Bonchev–Trinajstić information content (AvgIpc) is 2.31. The zero-order chi connectivity index (χ0) is 11.8. The van der Waals surface area contributed by atoms with Crippen LogP contribution >= 0.6 is 11.6 Å². The molecule has 0 saturated heterocycles. The van der Waals surface area contributed by atoms with E-state index in [0.717, 1.165) is 22.8 Å². The quantitative estimate of drug-likeness (QED) is 0.748. The van der Waals surface area contributed by atoms with E-state index in [-0.39, 0.29) is 6.61 Å². The fourth-order valence-corrected chi connectivity index (χ4v) is 1.55. The molecule has 0 aliphatic carbocycles. The predicted octanol–water partition coefficient (Wildman–Crippen LogP) is 2.29. The van der Waals surface area contributed by atoms with Crippen LogP contribution in [0.1, 0.15) is 12.5 Å². The van der Waals surface area contributed by atoms with Crippen LogP contribution in [0, 0.1) is 0 Å². The number of hydrogen-bond donors (Lipinski definition) is 1. The Morgan fingerprint density at radius 3 is 2.75 bits per heavy atom. The highest BCUT2D eigenvalue weighted by atomic mass is 35.5. The molecule has 3 nitrogen and oxygen atoms in total. The molecule has 1 aromatic carbocycles. The second-order valence-electron chi connectivity index (χ2n) is 3.29. The molecule has 4 heteroatoms. The van der Waals surface area contributed by atoms with E-state index in [4.69, 9.17) is 26.2 Å². The summed E-state index contributed by atoms with van der Waals surface area (Å²) in [5.74, 6) is 0.800. The maximum absolute atomic E-state index is 8.50. The molecule has 0 heterocycles. The molecule has 0 radical (unpaired) electrons. The SMILES string of the molecule is CCc1cc(OCCOCCO)ccc1Cl. The molecule has 1 N–H and O–H groups in total. The predicted molar refractivity (Wildman–Crippen MR) is 64.2 cm³/mol. The topological polar surface area (TPSA) is 38.7 Å². The second kappa shape index (κ2) is 7.49. The third-order valence-corrected chi connectivity index (χ3v) is 2.50. The molecule has 16 heavy (non-hydrogen) atoms. The van der Waals surface area contributed by atoms with E-state index in [9.17, 15) is 0 Å². The first-order chi connectivity index (χ1) is 7.77. The van der Waals surface area contributed by atoms with Gasteiger partial charge in [-0.3, -0.25) is 0 Å². The number of halogens is 1. The molecule has 0 fully saturated rings. The summed E-state index contributed by atoms with van der Waals surface area (Å²) >= 11 is 5.99. The maximum Gasteiger partial charge on any atom is 0.119 e. The van der Waals surface area contributed by atoms with Crippen molar-refractivity contribution in [3.8, 4) is 5.75 Å². The van der Waals surface area contributed by atoms with Crippen LogP contribution in [-0.2, 0) is 11.2 Å². The fraction of sp³-hybridized carbons (Fsp3) is 0.500. The van der Waals surface area contributed by atoms with E-state index in [1.807, 2.05) is 18.2 Å². The molecule has 0 bridgehead atoms. The van der Waals surface area contributed by atoms with Crippen LogP contribution in [0.5, 0.6) is 5.75 Å². The first-order valence-corrected chi connectivity index (χ1v) is 5.75. The van der Waals surface area contributed by atoms with Gasteiger partial charge in [0.15, 0.2) is 0 Å². The van der Waals surface area contributed by atoms with Crippen LogP contribution in [0.25, 0.3) is 0 Å². The van der Waals surface area contributed by atoms with Crippen molar-refractivity contribution in [2.75, 3.05) is 26.4 Å². The van der Waals surface area contributed by atoms with Crippen LogP contribution in [0.15, 0.2) is 18.2 Å². The third-order valence-electron chi connectivity index (χ3n) is 2.13. The van der Waals surface area contributed by atoms with E-state index in [0.29, 0.717) is 19.8 Å². The highest BCUT2D eigenvalue weighted by Gasteiger charge is 2.00. The highest BCUT2D eigenvalue weighted by molar-refractivity contribution is 6.31. The van der Waals surface area contributed by atoms with Gasteiger partial charge in [-0.05, 0) is 30.2 Å². The molecule has 0 aliphatic heterocycles. The molecule has 0 aromatic heterocycles. The summed E-state index contributed by atoms with van der Waals surface area (Å²) < 4.78 is 10.6. The van der Waals surface area contributed by atoms with Crippen LogP contribution < -0.4 is 4.74 Å². The van der Waals surface area contributed by atoms with Crippen LogP contribution in [0.4, 0.5) is 0 Å². The van der Waals surface area contributed by atoms with E-state index in [1.165, 1.54) is 0 Å². The van der Waals surface area contributed by atoms with Crippen molar-refractivity contribution in [1.82, 2.24) is 0 Å². The lowest BCUT2D eigenvalue weighted by molar-refractivity contribution is 0.0705. The van der Waals surface area contributed by atoms with Crippen molar-refractivity contribution in [2.45, 2.75) is 13.3 Å². The Morgan fingerprint density at radius 1 is 1.25 bits per heavy atom. The normalized spacial score (nSPS) is 10.4. The molecule has 1 aromatic rings. The molecule has 0 saturated carbocycles. The lowest BCUT2D eigenvalue weighted by Crippen LogP contribution is -2.09. The Bertz CT molecular complexity index is 315. The van der Waals surface area contributed by atoms with Gasteiger partial charge in [-0.15, -0.1) is 0 Å². The number of hydrogen-bond acceptors (Lipinski definition) is 3. The van der Waals surface area contributed by atoms with Gasteiger partial charge >= 0.3 is 0 Å². The molecular formula is C12H17ClO3. The standard InChI is InChI=1S/C12H17ClO3/c1-2-10-9-11(3-4-12(10)13)16-8-7-15-6-5-14/h3-4,9,14H,2,5-8H2,1H3. The summed E-state index contributed by atoms with van der Waals surface area (Å²) in [6.45, 7) is 3.40. The van der Waals surface area contributed by atoms with Gasteiger partial charge < -0.3 is 14.6 Å². The average molecular weight is 245 g/mol. The lowest BCUT2D eigenvalue weighted by atomic mass is 10.1. The summed E-state index contributed by atoms with van der Waals surface area (Å²) in [4.78, 5) is 0. The van der Waals surface area contributed by atoms with Crippen molar-refractivity contribution in [3.05, 3.63) is 28.8 Å². The molecule has 1 rings (SSSR count). The largest absolute Gasteiger partial charge is 0.491 e. The summed E-state index contributed by atoms with van der Waals surface area (Å²) in [5, 5.41) is 9.27. The van der Waals surface area contributed by atoms with Gasteiger partial charge in [0, 0.05) is 5.02 Å². The zero-order valence-electron chi connectivity index (χ0n) is 9.41. The highest BCUT2D eigenvalue weighted by Crippen LogP contribution is 2.22. The van der Waals surface area contributed by atoms with Crippen molar-refractivity contribution in [3.63, 3.8) is 0 Å². The van der Waals surface area contributed by atoms with Gasteiger partial charge in [0.25, 0.3) is 0 Å². The first-order valence-electron chi connectivity index (χ1n) is 5.37. The minimum Gasteiger partial charge on any atom is -0.491 e. The lowest BCUT2D eigenvalue weighted by Gasteiger charge is -2.08. The Morgan fingerprint density at radius 2 is 2.06 bits per heavy atom. The van der Waals surface area contributed by atoms with Crippen LogP contribution in [0.3, 0.4) is 0 Å². The van der Waals surface area contributed by atoms with Gasteiger partial charge in [-0.1, -0.05) is 18.5 Å². The van der Waals surface area contributed by atoms with Crippen molar-refractivity contribution in [1.29, 1.82) is 0 Å². The summed E-state index contributed by atoms with van der Waals surface area (Å²) in [6, 6.07) is 5.62. The molecule has 90 valence electrons. The summed E-state index contributed by atoms with van der Waals surface area (Å²) in [5.41, 5.74) is 1.08. The van der Waals surface area contributed by atoms with E-state index >= 15 is 0 Å². The number of rotatable bonds is 7. The fourth-order valence-electron chi connectivity index (χ4n) is 1.30. The Labute approximate surface area is 101 Å². The van der Waals surface area contributed by atoms with E-state index < -0.39 is 0 Å². The van der Waals surface area contributed by atoms with Crippen molar-refractivity contribution >= 4 is 11.6 Å². The Kier molecular flexibility index (Phi) is 6.23. The van der Waals surface area contributed by atoms with Crippen LogP contribution in [-0.4, -0.2) is 31.5 Å². The second-order valence-corrected chi connectivity index (χ2v) is 3.70. The molecular weight excluding hydrogens is 228 g/mol. The number of benzene rings is 1. The number of aliphatic hydroxyl groups is 1. The monoisotopic (exact) mass is 244 g/mol. The summed E-state index contributed by atoms with van der Waals surface area (Å²) in [7, 11) is 0. The zero-order valence-corrected chi connectivity index (χ0v) is 10.2. The third kappa shape index (κ3) is 4.39. The number of ether oxygens (including phenoxy) is 2. The van der Waals surface area contributed by atoms with Gasteiger partial charge in [-0.25, -0.2) is 0 Å². The van der Waals surface area contributed by atoms with Gasteiger partial charge in [0.2, 0.25) is 0 Å². The van der Waals surface area contributed by atoms with Gasteiger partial charge in [0.1, 0.15) is 12.4 Å². The first kappa shape index (κ1) is 13.3. The maximum atomic E-state index is 8.50. The van der Waals surface area contributed by atoms with E-state index in [2.05, 4.69) is 6.92 Å². The van der Waals surface area contributed by atoms with Crippen LogP contribution in [0.2, 0.25) is 5.02 Å². The van der Waals surface area contributed by atoms with Crippen molar-refractivity contribution in [2.24, 2.45) is 0 Å². The molecule has 0 aliphatic rings. The molecule has 0 spiro atoms. The molecule has 0 amide bonds. The van der Waals surface area contributed by atoms with Gasteiger partial charge in [0.05, 0.1) is 19.8 Å². The van der Waals surface area contributed by atoms with Gasteiger partial charge in [-0.2, -0.15) is 0 Å². The Balaban J connectivity index is 2.36. The summed E-state index contributed by atoms with van der Waals surface area (Å²) in [6.07, 6.45) is 0.886.